The van der Waals surface area contributed by atoms with E-state index in [1.807, 2.05) is 25.1 Å². The molecule has 2 aromatic rings. The summed E-state index contributed by atoms with van der Waals surface area (Å²) in [5, 5.41) is 3.28. The van der Waals surface area contributed by atoms with Crippen molar-refractivity contribution < 1.29 is 13.5 Å². The fourth-order valence-corrected chi connectivity index (χ4v) is 2.58. The van der Waals surface area contributed by atoms with Crippen molar-refractivity contribution in [3.63, 3.8) is 0 Å². The van der Waals surface area contributed by atoms with Crippen molar-refractivity contribution in [1.82, 2.24) is 5.32 Å². The number of hydrogen-bond donors (Lipinski definition) is 1. The van der Waals surface area contributed by atoms with Gasteiger partial charge in [-0.15, -0.1) is 0 Å². The number of ether oxygens (including phenoxy) is 1. The Bertz CT molecular complexity index is 634. The van der Waals surface area contributed by atoms with Gasteiger partial charge >= 0.3 is 0 Å². The first-order valence-electron chi connectivity index (χ1n) is 6.52. The van der Waals surface area contributed by atoms with E-state index in [0.29, 0.717) is 12.1 Å². The largest absolute Gasteiger partial charge is 0.496 e. The highest BCUT2D eigenvalue weighted by molar-refractivity contribution is 9.10. The molecule has 112 valence electrons. The molecule has 0 radical (unpaired) electrons. The Morgan fingerprint density at radius 3 is 2.52 bits per heavy atom. The number of nitrogens with one attached hydrogen (secondary N) is 1. The molecule has 2 nitrogen and oxygen atoms in total. The lowest BCUT2D eigenvalue weighted by molar-refractivity contribution is 0.412. The van der Waals surface area contributed by atoms with E-state index in [0.717, 1.165) is 21.9 Å². The van der Waals surface area contributed by atoms with Crippen molar-refractivity contribution in [1.29, 1.82) is 0 Å². The van der Waals surface area contributed by atoms with Crippen LogP contribution in [-0.2, 0) is 6.54 Å². The number of halogens is 3. The summed E-state index contributed by atoms with van der Waals surface area (Å²) in [5.41, 5.74) is 1.78. The van der Waals surface area contributed by atoms with E-state index in [9.17, 15) is 8.78 Å². The molecule has 0 heterocycles. The van der Waals surface area contributed by atoms with Gasteiger partial charge in [0.15, 0.2) is 11.6 Å². The van der Waals surface area contributed by atoms with E-state index in [-0.39, 0.29) is 6.04 Å². The van der Waals surface area contributed by atoms with Crippen molar-refractivity contribution in [3.8, 4) is 5.75 Å². The Morgan fingerprint density at radius 2 is 1.90 bits per heavy atom. The molecule has 21 heavy (non-hydrogen) atoms. The molecule has 2 rings (SSSR count). The summed E-state index contributed by atoms with van der Waals surface area (Å²) in [5.74, 6) is -0.884. The standard InChI is InChI=1S/C16H16BrF2NO/c1-10(12-4-5-14(18)15(19)8-12)20-9-11-3-6-16(21-2)13(17)7-11/h3-8,10,20H,9H2,1-2H3. The van der Waals surface area contributed by atoms with Crippen LogP contribution in [0.4, 0.5) is 8.78 Å². The van der Waals surface area contributed by atoms with Crippen LogP contribution in [0.2, 0.25) is 0 Å². The molecule has 5 heteroatoms. The van der Waals surface area contributed by atoms with Gasteiger partial charge in [-0.1, -0.05) is 12.1 Å². The normalized spacial score (nSPS) is 12.2. The summed E-state index contributed by atoms with van der Waals surface area (Å²) in [7, 11) is 1.61. The number of benzene rings is 2. The van der Waals surface area contributed by atoms with Crippen LogP contribution in [-0.4, -0.2) is 7.11 Å². The highest BCUT2D eigenvalue weighted by atomic mass is 79.9. The highest BCUT2D eigenvalue weighted by Gasteiger charge is 2.09. The van der Waals surface area contributed by atoms with E-state index in [2.05, 4.69) is 21.2 Å². The van der Waals surface area contributed by atoms with Gasteiger partial charge in [0.25, 0.3) is 0 Å². The van der Waals surface area contributed by atoms with Gasteiger partial charge in [-0.25, -0.2) is 8.78 Å². The number of methoxy groups -OCH3 is 1. The maximum atomic E-state index is 13.2. The molecule has 0 saturated carbocycles. The second-order valence-electron chi connectivity index (χ2n) is 4.75. The smallest absolute Gasteiger partial charge is 0.159 e. The molecule has 0 aromatic heterocycles. The minimum absolute atomic E-state index is 0.0824. The predicted molar refractivity (Wildman–Crippen MR) is 82.3 cm³/mol. The zero-order chi connectivity index (χ0) is 15.4. The third kappa shape index (κ3) is 4.02. The molecule has 0 aliphatic carbocycles. The van der Waals surface area contributed by atoms with Gasteiger partial charge in [-0.05, 0) is 58.2 Å². The van der Waals surface area contributed by atoms with Gasteiger partial charge in [0.1, 0.15) is 5.75 Å². The second-order valence-corrected chi connectivity index (χ2v) is 5.60. The van der Waals surface area contributed by atoms with E-state index < -0.39 is 11.6 Å². The summed E-state index contributed by atoms with van der Waals surface area (Å²) >= 11 is 3.43. The molecule has 0 amide bonds. The molecule has 1 atom stereocenters. The minimum Gasteiger partial charge on any atom is -0.496 e. The van der Waals surface area contributed by atoms with Crippen molar-refractivity contribution in [3.05, 3.63) is 63.6 Å². The Labute approximate surface area is 131 Å². The third-order valence-corrected chi connectivity index (χ3v) is 3.89. The van der Waals surface area contributed by atoms with Crippen molar-refractivity contribution in [2.45, 2.75) is 19.5 Å². The summed E-state index contributed by atoms with van der Waals surface area (Å²) in [6.07, 6.45) is 0. The lowest BCUT2D eigenvalue weighted by Crippen LogP contribution is -2.18. The average Bonchev–Trinajstić information content (AvgIpc) is 2.47. The topological polar surface area (TPSA) is 21.3 Å². The lowest BCUT2D eigenvalue weighted by Gasteiger charge is -2.15. The van der Waals surface area contributed by atoms with Crippen molar-refractivity contribution in [2.24, 2.45) is 0 Å². The monoisotopic (exact) mass is 355 g/mol. The molecular weight excluding hydrogens is 340 g/mol. The molecule has 0 fully saturated rings. The van der Waals surface area contributed by atoms with Crippen LogP contribution in [0.1, 0.15) is 24.1 Å². The van der Waals surface area contributed by atoms with Crippen molar-refractivity contribution in [2.75, 3.05) is 7.11 Å². The van der Waals surface area contributed by atoms with Crippen LogP contribution in [0.25, 0.3) is 0 Å². The predicted octanol–water partition coefficient (Wildman–Crippen LogP) is 4.59. The van der Waals surface area contributed by atoms with Gasteiger partial charge in [0, 0.05) is 12.6 Å². The molecule has 0 bridgehead atoms. The average molecular weight is 356 g/mol. The SMILES string of the molecule is COc1ccc(CNC(C)c2ccc(F)c(F)c2)cc1Br. The molecule has 0 spiro atoms. The fourth-order valence-electron chi connectivity index (χ4n) is 1.99. The molecule has 0 saturated heterocycles. The van der Waals surface area contributed by atoms with Crippen molar-refractivity contribution >= 4 is 15.9 Å². The number of hydrogen-bond acceptors (Lipinski definition) is 2. The van der Waals surface area contributed by atoms with Gasteiger partial charge in [-0.3, -0.25) is 0 Å². The minimum atomic E-state index is -0.829. The Hall–Kier alpha value is -1.46. The van der Waals surface area contributed by atoms with Crippen LogP contribution < -0.4 is 10.1 Å². The zero-order valence-corrected chi connectivity index (χ0v) is 13.4. The zero-order valence-electron chi connectivity index (χ0n) is 11.8. The molecule has 0 aliphatic heterocycles. The molecular formula is C16H16BrF2NO. The maximum Gasteiger partial charge on any atom is 0.159 e. The van der Waals surface area contributed by atoms with E-state index >= 15 is 0 Å². The molecule has 1 unspecified atom stereocenters. The van der Waals surface area contributed by atoms with Crippen LogP contribution >= 0.6 is 15.9 Å². The van der Waals surface area contributed by atoms with Crippen LogP contribution in [0.15, 0.2) is 40.9 Å². The van der Waals surface area contributed by atoms with Crippen LogP contribution in [0.5, 0.6) is 5.75 Å². The summed E-state index contributed by atoms with van der Waals surface area (Å²) < 4.78 is 32.2. The summed E-state index contributed by atoms with van der Waals surface area (Å²) in [6.45, 7) is 2.52. The molecule has 0 aliphatic rings. The first-order valence-corrected chi connectivity index (χ1v) is 7.31. The highest BCUT2D eigenvalue weighted by Crippen LogP contribution is 2.25. The van der Waals surface area contributed by atoms with Gasteiger partial charge < -0.3 is 10.1 Å². The first kappa shape index (κ1) is 15.9. The third-order valence-electron chi connectivity index (χ3n) is 3.27. The summed E-state index contributed by atoms with van der Waals surface area (Å²) in [6, 6.07) is 9.66. The van der Waals surface area contributed by atoms with Gasteiger partial charge in [-0.2, -0.15) is 0 Å². The first-order chi connectivity index (χ1) is 10.0. The van der Waals surface area contributed by atoms with E-state index in [1.54, 1.807) is 13.2 Å². The Balaban J connectivity index is 2.01. The molecule has 1 N–H and O–H groups in total. The van der Waals surface area contributed by atoms with Crippen LogP contribution in [0.3, 0.4) is 0 Å². The fraction of sp³-hybridized carbons (Fsp3) is 0.250. The quantitative estimate of drug-likeness (QED) is 0.846. The summed E-state index contributed by atoms with van der Waals surface area (Å²) in [4.78, 5) is 0. The van der Waals surface area contributed by atoms with E-state index in [1.165, 1.54) is 6.07 Å². The van der Waals surface area contributed by atoms with Crippen LogP contribution in [0, 0.1) is 11.6 Å². The lowest BCUT2D eigenvalue weighted by atomic mass is 10.1. The van der Waals surface area contributed by atoms with E-state index in [4.69, 9.17) is 4.74 Å². The van der Waals surface area contributed by atoms with Gasteiger partial charge in [0.2, 0.25) is 0 Å². The second kappa shape index (κ2) is 7.00. The maximum absolute atomic E-state index is 13.2. The molecule has 2 aromatic carbocycles. The Kier molecular flexibility index (Phi) is 5.31. The van der Waals surface area contributed by atoms with Gasteiger partial charge in [0.05, 0.1) is 11.6 Å². The Morgan fingerprint density at radius 1 is 1.14 bits per heavy atom. The number of rotatable bonds is 5.